The Morgan fingerprint density at radius 2 is 1.10 bits per heavy atom. The first-order chi connectivity index (χ1) is 19.5. The third-order valence-corrected chi connectivity index (χ3v) is 9.42. The molecule has 41 heavy (non-hydrogen) atoms. The Labute approximate surface area is 248 Å². The number of benzene rings is 5. The molecular weight excluding hydrogens is 664 g/mol. The third-order valence-electron chi connectivity index (χ3n) is 7.95. The number of aromatic hydroxyl groups is 2. The lowest BCUT2D eigenvalue weighted by Gasteiger charge is -2.24. The zero-order chi connectivity index (χ0) is 29.8. The standard InChI is InChI=1S/C30H22Br2O9/c1-8-7-10-12-13-15-18(17-14(12)19(25(36)27(10)38-3)23(34)21(31)28(17)39-4)29(40-5)22(32)24(35)20(15)26(37)30(41-6)16(13)11(8)9(2)33/h34-35H,7H2,1-6H3. The van der Waals surface area contributed by atoms with Crippen LogP contribution in [0, 0.1) is 0 Å². The van der Waals surface area contributed by atoms with E-state index in [0.29, 0.717) is 38.1 Å². The number of Topliss-reactive ketones (excluding diaryl/α,β-unsaturated/α-hetero) is 1. The average molecular weight is 686 g/mol. The first-order valence-electron chi connectivity index (χ1n) is 12.3. The van der Waals surface area contributed by atoms with E-state index in [2.05, 4.69) is 31.9 Å². The molecule has 0 radical (unpaired) electrons. The fraction of sp³-hybridized carbons (Fsp3) is 0.233. The summed E-state index contributed by atoms with van der Waals surface area (Å²) in [6.45, 7) is 3.14. The quantitative estimate of drug-likeness (QED) is 0.175. The molecule has 6 rings (SSSR count). The molecule has 0 saturated heterocycles. The maximum atomic E-state index is 14.1. The summed E-state index contributed by atoms with van der Waals surface area (Å²) in [5, 5.41) is 24.8. The number of ether oxygens (including phenoxy) is 4. The van der Waals surface area contributed by atoms with E-state index in [-0.39, 0.29) is 82.9 Å². The van der Waals surface area contributed by atoms with Gasteiger partial charge < -0.3 is 29.2 Å². The van der Waals surface area contributed by atoms with Crippen LogP contribution in [-0.4, -0.2) is 44.4 Å². The predicted molar refractivity (Wildman–Crippen MR) is 163 cm³/mol. The summed E-state index contributed by atoms with van der Waals surface area (Å²) in [7, 11) is 5.49. The van der Waals surface area contributed by atoms with Crippen LogP contribution >= 0.6 is 31.9 Å². The second-order valence-corrected chi connectivity index (χ2v) is 11.4. The van der Waals surface area contributed by atoms with Gasteiger partial charge in [0.2, 0.25) is 10.9 Å². The minimum atomic E-state index is -0.637. The molecule has 5 aromatic carbocycles. The monoisotopic (exact) mass is 684 g/mol. The van der Waals surface area contributed by atoms with Gasteiger partial charge in [-0.1, -0.05) is 5.57 Å². The van der Waals surface area contributed by atoms with Crippen molar-refractivity contribution in [3.8, 4) is 34.5 Å². The lowest BCUT2D eigenvalue weighted by molar-refractivity contribution is -0.111. The molecule has 210 valence electrons. The molecule has 0 fully saturated rings. The number of hydrogen-bond donors (Lipinski definition) is 2. The molecule has 0 aromatic heterocycles. The van der Waals surface area contributed by atoms with Crippen molar-refractivity contribution in [1.29, 1.82) is 0 Å². The summed E-state index contributed by atoms with van der Waals surface area (Å²) >= 11 is 6.79. The number of halogens is 2. The van der Waals surface area contributed by atoms with Crippen LogP contribution in [0.2, 0.25) is 0 Å². The molecule has 0 atom stereocenters. The number of hydrogen-bond acceptors (Lipinski definition) is 9. The van der Waals surface area contributed by atoms with Gasteiger partial charge in [-0.3, -0.25) is 14.4 Å². The average Bonchev–Trinajstić information content (AvgIpc) is 3.06. The van der Waals surface area contributed by atoms with Crippen LogP contribution in [0.3, 0.4) is 0 Å². The number of carbonyl (C=O) groups is 1. The van der Waals surface area contributed by atoms with Crippen molar-refractivity contribution in [2.45, 2.75) is 20.3 Å². The van der Waals surface area contributed by atoms with E-state index in [1.165, 1.54) is 35.4 Å². The first-order valence-corrected chi connectivity index (χ1v) is 13.9. The highest BCUT2D eigenvalue weighted by Crippen LogP contribution is 2.59. The molecule has 0 spiro atoms. The Balaban J connectivity index is 2.25. The number of phenolic OH excluding ortho intramolecular Hbond substituents is 2. The third kappa shape index (κ3) is 3.13. The van der Waals surface area contributed by atoms with Gasteiger partial charge in [-0.05, 0) is 57.5 Å². The molecule has 0 unspecified atom stereocenters. The molecule has 1 aliphatic carbocycles. The maximum Gasteiger partial charge on any atom is 0.232 e. The molecule has 0 bridgehead atoms. The molecule has 5 aromatic rings. The molecule has 0 heterocycles. The van der Waals surface area contributed by atoms with E-state index in [1.54, 1.807) is 6.92 Å². The van der Waals surface area contributed by atoms with Gasteiger partial charge in [0.05, 0.1) is 39.2 Å². The minimum absolute atomic E-state index is 0.0176. The number of carbonyl (C=O) groups excluding carboxylic acids is 1. The summed E-state index contributed by atoms with van der Waals surface area (Å²) in [5.41, 5.74) is 0.319. The van der Waals surface area contributed by atoms with Crippen LogP contribution in [0.15, 0.2) is 24.1 Å². The van der Waals surface area contributed by atoms with Gasteiger partial charge in [-0.15, -0.1) is 0 Å². The van der Waals surface area contributed by atoms with Crippen LogP contribution in [-0.2, 0) is 11.2 Å². The molecule has 11 heteroatoms. The van der Waals surface area contributed by atoms with Crippen molar-refractivity contribution in [3.05, 3.63) is 46.1 Å². The maximum absolute atomic E-state index is 14.1. The second kappa shape index (κ2) is 9.09. The topological polar surface area (TPSA) is 129 Å². The van der Waals surface area contributed by atoms with Crippen molar-refractivity contribution < 1.29 is 34.0 Å². The van der Waals surface area contributed by atoms with Crippen LogP contribution in [0.5, 0.6) is 34.5 Å². The zero-order valence-electron chi connectivity index (χ0n) is 22.7. The number of methoxy groups -OCH3 is 4. The highest BCUT2D eigenvalue weighted by Gasteiger charge is 2.37. The SMILES string of the molecule is COc1c2c3c4c(c(OC)c(=O)c5c(O)c(Br)c(OC)c(c6c(OC)c(Br)c(O)c(c1=O)c36)c54)C(C(C)=O)=C(C)C2. The molecule has 0 aliphatic heterocycles. The molecule has 2 N–H and O–H groups in total. The van der Waals surface area contributed by atoms with Crippen molar-refractivity contribution in [1.82, 2.24) is 0 Å². The van der Waals surface area contributed by atoms with Gasteiger partial charge in [0.15, 0.2) is 17.3 Å². The second-order valence-electron chi connectivity index (χ2n) is 9.86. The van der Waals surface area contributed by atoms with Gasteiger partial charge >= 0.3 is 0 Å². The van der Waals surface area contributed by atoms with Crippen LogP contribution in [0.1, 0.15) is 25.0 Å². The van der Waals surface area contributed by atoms with E-state index in [1.807, 2.05) is 0 Å². The predicted octanol–water partition coefficient (Wildman–Crippen LogP) is 5.78. The highest BCUT2D eigenvalue weighted by molar-refractivity contribution is 9.11. The molecule has 9 nitrogen and oxygen atoms in total. The van der Waals surface area contributed by atoms with Gasteiger partial charge in [0.1, 0.15) is 31.9 Å². The number of ketones is 1. The number of rotatable bonds is 5. The van der Waals surface area contributed by atoms with E-state index < -0.39 is 10.9 Å². The summed E-state index contributed by atoms with van der Waals surface area (Å²) in [6.07, 6.45) is 0.125. The Bertz CT molecular complexity index is 2180. The number of fused-ring (bicyclic) bond motifs is 1. The van der Waals surface area contributed by atoms with Crippen LogP contribution < -0.4 is 29.8 Å². The molecule has 0 saturated carbocycles. The van der Waals surface area contributed by atoms with E-state index in [0.717, 1.165) is 0 Å². The van der Waals surface area contributed by atoms with Crippen molar-refractivity contribution in [3.63, 3.8) is 0 Å². The lowest BCUT2D eigenvalue weighted by Crippen LogP contribution is -2.14. The van der Waals surface area contributed by atoms with Gasteiger partial charge in [0, 0.05) is 43.6 Å². The van der Waals surface area contributed by atoms with Gasteiger partial charge in [-0.25, -0.2) is 0 Å². The van der Waals surface area contributed by atoms with E-state index in [9.17, 15) is 24.6 Å². The first kappa shape index (κ1) is 27.3. The fourth-order valence-corrected chi connectivity index (χ4v) is 7.66. The number of allylic oxidation sites excluding steroid dienone is 2. The largest absolute Gasteiger partial charge is 0.506 e. The zero-order valence-corrected chi connectivity index (χ0v) is 25.9. The van der Waals surface area contributed by atoms with E-state index in [4.69, 9.17) is 18.9 Å². The molecule has 0 amide bonds. The normalized spacial score (nSPS) is 13.2. The fourth-order valence-electron chi connectivity index (χ4n) is 6.54. The molecular formula is C30H22Br2O9. The number of phenols is 2. The summed E-state index contributed by atoms with van der Waals surface area (Å²) < 4.78 is 23.1. The van der Waals surface area contributed by atoms with Crippen molar-refractivity contribution in [2.24, 2.45) is 0 Å². The van der Waals surface area contributed by atoms with Gasteiger partial charge in [0.25, 0.3) is 0 Å². The summed E-state index contributed by atoms with van der Waals surface area (Å²) in [4.78, 5) is 41.4. The minimum Gasteiger partial charge on any atom is -0.506 e. The van der Waals surface area contributed by atoms with Crippen molar-refractivity contribution >= 4 is 86.3 Å². The Hall–Kier alpha value is -3.83. The lowest BCUT2D eigenvalue weighted by atomic mass is 9.83. The van der Waals surface area contributed by atoms with Crippen molar-refractivity contribution in [2.75, 3.05) is 28.4 Å². The Morgan fingerprint density at radius 3 is 1.54 bits per heavy atom. The van der Waals surface area contributed by atoms with Crippen LogP contribution in [0.4, 0.5) is 0 Å². The Morgan fingerprint density at radius 1 is 0.659 bits per heavy atom. The van der Waals surface area contributed by atoms with E-state index >= 15 is 0 Å². The summed E-state index contributed by atoms with van der Waals surface area (Å²) in [5.74, 6) is -0.893. The van der Waals surface area contributed by atoms with Crippen LogP contribution in [0.25, 0.3) is 48.7 Å². The van der Waals surface area contributed by atoms with Gasteiger partial charge in [-0.2, -0.15) is 0 Å². The molecule has 1 aliphatic rings. The Kier molecular flexibility index (Phi) is 6.06. The highest BCUT2D eigenvalue weighted by atomic mass is 79.9. The summed E-state index contributed by atoms with van der Waals surface area (Å²) in [6, 6.07) is 0. The smallest absolute Gasteiger partial charge is 0.232 e.